The molecule has 0 heterocycles. The predicted octanol–water partition coefficient (Wildman–Crippen LogP) is 2.02. The molecule has 0 saturated carbocycles. The Balaban J connectivity index is 4.49. The zero-order chi connectivity index (χ0) is 10.3. The second-order valence-corrected chi connectivity index (χ2v) is 4.07. The van der Waals surface area contributed by atoms with E-state index in [1.165, 1.54) is 0 Å². The van der Waals surface area contributed by atoms with E-state index in [-0.39, 0.29) is 18.9 Å². The van der Waals surface area contributed by atoms with Crippen LogP contribution in [0.3, 0.4) is 0 Å². The molecule has 13 heavy (non-hydrogen) atoms. The minimum atomic E-state index is -3.32. The maximum Gasteiger partial charge on any atom is 0.355 e. The van der Waals surface area contributed by atoms with Crippen molar-refractivity contribution in [2.45, 2.75) is 13.8 Å². The number of alkyl halides is 1. The number of halogens is 1. The number of allylic oxidation sites excluding steroid dienone is 1. The molecule has 6 heteroatoms. The van der Waals surface area contributed by atoms with Crippen LogP contribution in [0.1, 0.15) is 13.8 Å². The average Bonchev–Trinajstić information content (AvgIpc) is 2.04. The normalized spacial score (nSPS) is 13.3. The number of nitrogens with two attached hydrogens (primary N) is 1. The molecule has 0 amide bonds. The summed E-state index contributed by atoms with van der Waals surface area (Å²) in [5.41, 5.74) is 5.04. The Labute approximate surface area is 77.4 Å². The highest BCUT2D eigenvalue weighted by atomic mass is 31.2. The van der Waals surface area contributed by atoms with Crippen molar-refractivity contribution in [3.05, 3.63) is 11.5 Å². The van der Waals surface area contributed by atoms with Crippen LogP contribution in [0.2, 0.25) is 0 Å². The zero-order valence-corrected chi connectivity index (χ0v) is 8.72. The highest BCUT2D eigenvalue weighted by Gasteiger charge is 2.20. The lowest BCUT2D eigenvalue weighted by Crippen LogP contribution is -2.01. The fourth-order valence-electron chi connectivity index (χ4n) is 0.709. The highest BCUT2D eigenvalue weighted by Crippen LogP contribution is 2.50. The summed E-state index contributed by atoms with van der Waals surface area (Å²) in [6.07, 6.45) is 0. The van der Waals surface area contributed by atoms with E-state index in [1.54, 1.807) is 13.8 Å². The van der Waals surface area contributed by atoms with E-state index in [1.807, 2.05) is 0 Å². The molecule has 0 rings (SSSR count). The lowest BCUT2D eigenvalue weighted by Gasteiger charge is -2.13. The van der Waals surface area contributed by atoms with Gasteiger partial charge in [0, 0.05) is 11.5 Å². The molecule has 0 fully saturated rings. The van der Waals surface area contributed by atoms with Crippen LogP contribution in [-0.4, -0.2) is 19.9 Å². The summed E-state index contributed by atoms with van der Waals surface area (Å²) in [6, 6.07) is 0. The first kappa shape index (κ1) is 12.6. The Morgan fingerprint density at radius 2 is 1.92 bits per heavy atom. The standard InChI is InChI=1S/C7H15FNO3P/c1-3-11-13(10,12-4-2)6-7(9)5-8/h6H,3-5,9H2,1-2H3/b7-6-. The van der Waals surface area contributed by atoms with Crippen LogP contribution in [-0.2, 0) is 13.6 Å². The summed E-state index contributed by atoms with van der Waals surface area (Å²) in [5, 5.41) is 0. The Kier molecular flexibility index (Phi) is 5.95. The monoisotopic (exact) mass is 211 g/mol. The molecule has 0 aromatic rings. The van der Waals surface area contributed by atoms with Crippen molar-refractivity contribution in [2.75, 3.05) is 19.9 Å². The summed E-state index contributed by atoms with van der Waals surface area (Å²) >= 11 is 0. The SMILES string of the molecule is CCOP(=O)(/C=C(\N)CF)OCC. The van der Waals surface area contributed by atoms with Gasteiger partial charge in [0.15, 0.2) is 0 Å². The molecule has 0 aliphatic heterocycles. The molecule has 0 spiro atoms. The lowest BCUT2D eigenvalue weighted by molar-refractivity contribution is 0.228. The molecule has 0 bridgehead atoms. The van der Waals surface area contributed by atoms with Crippen LogP contribution in [0.25, 0.3) is 0 Å². The van der Waals surface area contributed by atoms with Gasteiger partial charge in [0.05, 0.1) is 13.2 Å². The average molecular weight is 211 g/mol. The Hall–Kier alpha value is -0.380. The molecule has 0 radical (unpaired) electrons. The highest BCUT2D eigenvalue weighted by molar-refractivity contribution is 7.57. The maximum atomic E-state index is 12.0. The van der Waals surface area contributed by atoms with Gasteiger partial charge in [0.2, 0.25) is 0 Å². The van der Waals surface area contributed by atoms with Gasteiger partial charge in [0.1, 0.15) is 6.67 Å². The third-order valence-corrected chi connectivity index (χ3v) is 2.98. The van der Waals surface area contributed by atoms with Crippen LogP contribution in [0.4, 0.5) is 4.39 Å². The van der Waals surface area contributed by atoms with Crippen molar-refractivity contribution in [1.29, 1.82) is 0 Å². The van der Waals surface area contributed by atoms with Gasteiger partial charge in [-0.1, -0.05) is 0 Å². The third-order valence-electron chi connectivity index (χ3n) is 1.10. The van der Waals surface area contributed by atoms with Crippen LogP contribution in [0.5, 0.6) is 0 Å². The molecule has 0 atom stereocenters. The molecule has 78 valence electrons. The van der Waals surface area contributed by atoms with Crippen LogP contribution in [0, 0.1) is 0 Å². The minimum absolute atomic E-state index is 0.134. The molecule has 0 aromatic carbocycles. The van der Waals surface area contributed by atoms with Crippen molar-refractivity contribution in [3.8, 4) is 0 Å². The lowest BCUT2D eigenvalue weighted by atomic mass is 10.6. The molecule has 4 nitrogen and oxygen atoms in total. The van der Waals surface area contributed by atoms with E-state index >= 15 is 0 Å². The first-order valence-electron chi connectivity index (χ1n) is 4.00. The van der Waals surface area contributed by atoms with Crippen molar-refractivity contribution < 1.29 is 18.0 Å². The van der Waals surface area contributed by atoms with Crippen molar-refractivity contribution >= 4 is 7.60 Å². The number of hydrogen-bond acceptors (Lipinski definition) is 4. The molecule has 0 aliphatic rings. The van der Waals surface area contributed by atoms with Crippen molar-refractivity contribution in [1.82, 2.24) is 0 Å². The summed E-state index contributed by atoms with van der Waals surface area (Å²) in [5.74, 6) is 1.01. The third kappa shape index (κ3) is 5.03. The second-order valence-electron chi connectivity index (χ2n) is 2.21. The van der Waals surface area contributed by atoms with E-state index in [9.17, 15) is 8.96 Å². The molecule has 0 unspecified atom stereocenters. The van der Waals surface area contributed by atoms with Crippen LogP contribution < -0.4 is 5.73 Å². The van der Waals surface area contributed by atoms with Gasteiger partial charge in [-0.05, 0) is 13.8 Å². The van der Waals surface area contributed by atoms with Gasteiger partial charge in [-0.2, -0.15) is 0 Å². The van der Waals surface area contributed by atoms with E-state index in [0.29, 0.717) is 0 Å². The first-order chi connectivity index (χ1) is 6.08. The van der Waals surface area contributed by atoms with Gasteiger partial charge in [0.25, 0.3) is 0 Å². The Morgan fingerprint density at radius 3 is 2.23 bits per heavy atom. The van der Waals surface area contributed by atoms with Crippen LogP contribution in [0.15, 0.2) is 11.5 Å². The van der Waals surface area contributed by atoms with Gasteiger partial charge >= 0.3 is 7.60 Å². The summed E-state index contributed by atoms with van der Waals surface area (Å²) in [6.45, 7) is 2.95. The number of hydrogen-bond donors (Lipinski definition) is 1. The van der Waals surface area contributed by atoms with Gasteiger partial charge in [-0.3, -0.25) is 4.57 Å². The Morgan fingerprint density at radius 1 is 1.46 bits per heavy atom. The van der Waals surface area contributed by atoms with Gasteiger partial charge in [-0.25, -0.2) is 4.39 Å². The minimum Gasteiger partial charge on any atom is -0.400 e. The smallest absolute Gasteiger partial charge is 0.355 e. The summed E-state index contributed by atoms with van der Waals surface area (Å²) in [7, 11) is -3.32. The predicted molar refractivity (Wildman–Crippen MR) is 49.1 cm³/mol. The fourth-order valence-corrected chi connectivity index (χ4v) is 2.13. The van der Waals surface area contributed by atoms with Crippen LogP contribution >= 0.6 is 7.60 Å². The summed E-state index contributed by atoms with van der Waals surface area (Å²) in [4.78, 5) is 0. The molecule has 0 saturated heterocycles. The molecule has 2 N–H and O–H groups in total. The van der Waals surface area contributed by atoms with Crippen molar-refractivity contribution in [2.24, 2.45) is 5.73 Å². The van der Waals surface area contributed by atoms with E-state index in [4.69, 9.17) is 14.8 Å². The molecular weight excluding hydrogens is 196 g/mol. The molecular formula is C7H15FNO3P. The largest absolute Gasteiger partial charge is 0.400 e. The fraction of sp³-hybridized carbons (Fsp3) is 0.714. The molecule has 0 aliphatic carbocycles. The topological polar surface area (TPSA) is 61.5 Å². The zero-order valence-electron chi connectivity index (χ0n) is 7.83. The maximum absolute atomic E-state index is 12.0. The second kappa shape index (κ2) is 6.13. The number of rotatable bonds is 6. The van der Waals surface area contributed by atoms with E-state index < -0.39 is 14.3 Å². The van der Waals surface area contributed by atoms with Gasteiger partial charge < -0.3 is 14.8 Å². The van der Waals surface area contributed by atoms with E-state index in [2.05, 4.69) is 0 Å². The van der Waals surface area contributed by atoms with Crippen molar-refractivity contribution in [3.63, 3.8) is 0 Å². The van der Waals surface area contributed by atoms with Gasteiger partial charge in [-0.15, -0.1) is 0 Å². The Bertz CT molecular complexity index is 210. The quantitative estimate of drug-likeness (QED) is 0.683. The summed E-state index contributed by atoms with van der Waals surface area (Å²) < 4.78 is 33.3. The molecule has 0 aromatic heterocycles. The first-order valence-corrected chi connectivity index (χ1v) is 5.61. The van der Waals surface area contributed by atoms with E-state index in [0.717, 1.165) is 5.82 Å².